The van der Waals surface area contributed by atoms with Crippen LogP contribution in [0.5, 0.6) is 5.75 Å². The molecule has 2 aliphatic rings. The molecular formula is C23H24F3N3O5. The Labute approximate surface area is 193 Å². The highest BCUT2D eigenvalue weighted by atomic mass is 19.4. The molecule has 2 saturated heterocycles. The summed E-state index contributed by atoms with van der Waals surface area (Å²) in [5, 5.41) is 7.12. The van der Waals surface area contributed by atoms with Gasteiger partial charge < -0.3 is 19.6 Å². The number of amides is 2. The maximum atomic E-state index is 13.1. The number of aromatic nitrogens is 1. The first-order valence-electron chi connectivity index (χ1n) is 10.5. The maximum Gasteiger partial charge on any atom is 0.490 e. The normalized spacial score (nSPS) is 19.7. The lowest BCUT2D eigenvalue weighted by atomic mass is 9.85. The predicted molar refractivity (Wildman–Crippen MR) is 114 cm³/mol. The van der Waals surface area contributed by atoms with E-state index in [9.17, 15) is 22.8 Å². The fourth-order valence-corrected chi connectivity index (χ4v) is 4.13. The fourth-order valence-electron chi connectivity index (χ4n) is 4.13. The molecule has 2 amide bonds. The van der Waals surface area contributed by atoms with Gasteiger partial charge >= 0.3 is 12.1 Å². The van der Waals surface area contributed by atoms with E-state index < -0.39 is 17.6 Å². The Kier molecular flexibility index (Phi) is 7.43. The lowest BCUT2D eigenvalue weighted by molar-refractivity contribution is -0.192. The number of carbonyl (C=O) groups excluding carboxylic acids is 2. The zero-order chi connectivity index (χ0) is 24.9. The monoisotopic (exact) mass is 479 g/mol. The number of carboxylic acid groups (broad SMARTS) is 1. The van der Waals surface area contributed by atoms with Crippen molar-refractivity contribution in [1.82, 2.24) is 14.8 Å². The first-order chi connectivity index (χ1) is 16.1. The highest BCUT2D eigenvalue weighted by Gasteiger charge is 2.51. The molecule has 4 rings (SSSR count). The number of pyridine rings is 1. The minimum Gasteiger partial charge on any atom is -0.497 e. The summed E-state index contributed by atoms with van der Waals surface area (Å²) in [5.74, 6) is -1.85. The molecule has 0 aliphatic carbocycles. The van der Waals surface area contributed by atoms with Crippen molar-refractivity contribution in [2.75, 3.05) is 26.7 Å². The molecule has 2 aliphatic heterocycles. The second kappa shape index (κ2) is 10.1. The van der Waals surface area contributed by atoms with Gasteiger partial charge in [0.05, 0.1) is 18.1 Å². The van der Waals surface area contributed by atoms with Crippen molar-refractivity contribution in [3.8, 4) is 5.75 Å². The molecule has 3 heterocycles. The van der Waals surface area contributed by atoms with Crippen LogP contribution in [0.15, 0.2) is 48.8 Å². The predicted octanol–water partition coefficient (Wildman–Crippen LogP) is 2.99. The molecule has 0 bridgehead atoms. The van der Waals surface area contributed by atoms with E-state index in [2.05, 4.69) is 4.98 Å². The molecule has 182 valence electrons. The van der Waals surface area contributed by atoms with E-state index in [0.717, 1.165) is 30.7 Å². The van der Waals surface area contributed by atoms with Crippen molar-refractivity contribution < 1.29 is 37.4 Å². The fraction of sp³-hybridized carbons (Fsp3) is 0.391. The van der Waals surface area contributed by atoms with E-state index in [-0.39, 0.29) is 11.8 Å². The first-order valence-corrected chi connectivity index (χ1v) is 10.5. The summed E-state index contributed by atoms with van der Waals surface area (Å²) in [5.41, 5.74) is 1.20. The van der Waals surface area contributed by atoms with Crippen molar-refractivity contribution in [2.45, 2.75) is 25.6 Å². The third-order valence-corrected chi connectivity index (χ3v) is 5.90. The molecule has 11 heteroatoms. The van der Waals surface area contributed by atoms with Gasteiger partial charge in [0, 0.05) is 38.6 Å². The highest BCUT2D eigenvalue weighted by molar-refractivity contribution is 5.95. The number of benzene rings is 1. The average molecular weight is 479 g/mol. The smallest absolute Gasteiger partial charge is 0.490 e. The summed E-state index contributed by atoms with van der Waals surface area (Å²) in [6.07, 6.45) is -0.322. The van der Waals surface area contributed by atoms with Gasteiger partial charge in [-0.15, -0.1) is 0 Å². The number of ether oxygens (including phenoxy) is 1. The van der Waals surface area contributed by atoms with Crippen molar-refractivity contribution in [3.63, 3.8) is 0 Å². The minimum atomic E-state index is -5.08. The second-order valence-corrected chi connectivity index (χ2v) is 8.13. The van der Waals surface area contributed by atoms with Gasteiger partial charge in [0.15, 0.2) is 0 Å². The van der Waals surface area contributed by atoms with Crippen LogP contribution in [0.25, 0.3) is 0 Å². The molecule has 1 unspecified atom stereocenters. The van der Waals surface area contributed by atoms with Crippen LogP contribution in [-0.4, -0.2) is 70.6 Å². The van der Waals surface area contributed by atoms with Gasteiger partial charge in [0.2, 0.25) is 5.91 Å². The zero-order valence-electron chi connectivity index (χ0n) is 18.4. The average Bonchev–Trinajstić information content (AvgIpc) is 3.39. The number of carboxylic acids is 1. The number of alkyl halides is 3. The number of methoxy groups -OCH3 is 1. The van der Waals surface area contributed by atoms with Crippen LogP contribution in [0.1, 0.15) is 28.8 Å². The number of hydrogen-bond acceptors (Lipinski definition) is 5. The summed E-state index contributed by atoms with van der Waals surface area (Å²) in [6.45, 7) is 2.42. The molecule has 2 fully saturated rings. The van der Waals surface area contributed by atoms with Gasteiger partial charge in [0.1, 0.15) is 5.75 Å². The Hall–Kier alpha value is -3.63. The molecule has 0 radical (unpaired) electrons. The quantitative estimate of drug-likeness (QED) is 0.724. The third-order valence-electron chi connectivity index (χ3n) is 5.90. The molecule has 1 N–H and O–H groups in total. The summed E-state index contributed by atoms with van der Waals surface area (Å²) in [4.78, 5) is 42.4. The van der Waals surface area contributed by atoms with Crippen LogP contribution in [0.3, 0.4) is 0 Å². The summed E-state index contributed by atoms with van der Waals surface area (Å²) in [6, 6.07) is 11.3. The number of likely N-dealkylation sites (tertiary alicyclic amines) is 2. The summed E-state index contributed by atoms with van der Waals surface area (Å²) >= 11 is 0. The highest BCUT2D eigenvalue weighted by Crippen LogP contribution is 2.41. The largest absolute Gasteiger partial charge is 0.497 e. The van der Waals surface area contributed by atoms with Crippen LogP contribution in [0.4, 0.5) is 13.2 Å². The molecule has 2 aromatic rings. The SMILES string of the molecule is COc1cccc(CN2CCC3(CCN(C(=O)c4cccnc4)C3)C2=O)c1.O=C(O)C(F)(F)F. The summed E-state index contributed by atoms with van der Waals surface area (Å²) in [7, 11) is 1.64. The number of carbonyl (C=O) groups is 3. The second-order valence-electron chi connectivity index (χ2n) is 8.13. The number of nitrogens with zero attached hydrogens (tertiary/aromatic N) is 3. The van der Waals surface area contributed by atoms with Gasteiger partial charge in [0.25, 0.3) is 5.91 Å². The van der Waals surface area contributed by atoms with Gasteiger partial charge in [-0.3, -0.25) is 14.6 Å². The van der Waals surface area contributed by atoms with E-state index >= 15 is 0 Å². The third kappa shape index (κ3) is 5.64. The van der Waals surface area contributed by atoms with Gasteiger partial charge in [-0.2, -0.15) is 13.2 Å². The molecule has 1 spiro atoms. The Morgan fingerprint density at radius 1 is 1.18 bits per heavy atom. The lowest BCUT2D eigenvalue weighted by Crippen LogP contribution is -2.38. The van der Waals surface area contributed by atoms with Gasteiger partial charge in [-0.05, 0) is 42.7 Å². The van der Waals surface area contributed by atoms with E-state index in [1.165, 1.54) is 0 Å². The van der Waals surface area contributed by atoms with Crippen molar-refractivity contribution in [1.29, 1.82) is 0 Å². The van der Waals surface area contributed by atoms with Gasteiger partial charge in [-0.1, -0.05) is 12.1 Å². The standard InChI is InChI=1S/C21H23N3O3.C2HF3O2/c1-27-18-6-2-4-16(12-18)14-23-10-7-21(20(23)26)8-11-24(15-21)19(25)17-5-3-9-22-13-17;3-2(4,5)1(6)7/h2-6,9,12-13H,7-8,10-11,14-15H2,1H3;(H,6,7). The number of hydrogen-bond donors (Lipinski definition) is 1. The molecule has 1 atom stereocenters. The van der Waals surface area contributed by atoms with Crippen LogP contribution in [0.2, 0.25) is 0 Å². The van der Waals surface area contributed by atoms with E-state index in [1.807, 2.05) is 29.2 Å². The van der Waals surface area contributed by atoms with Crippen LogP contribution in [-0.2, 0) is 16.1 Å². The Balaban J connectivity index is 0.000000406. The number of halogens is 3. The van der Waals surface area contributed by atoms with Crippen LogP contribution >= 0.6 is 0 Å². The van der Waals surface area contributed by atoms with E-state index in [0.29, 0.717) is 25.2 Å². The lowest BCUT2D eigenvalue weighted by Gasteiger charge is -2.24. The minimum absolute atomic E-state index is 0.0426. The van der Waals surface area contributed by atoms with E-state index in [1.54, 1.807) is 36.5 Å². The first kappa shape index (κ1) is 25.0. The molecule has 1 aromatic heterocycles. The van der Waals surface area contributed by atoms with Crippen molar-refractivity contribution in [2.24, 2.45) is 5.41 Å². The zero-order valence-corrected chi connectivity index (χ0v) is 18.4. The summed E-state index contributed by atoms with van der Waals surface area (Å²) < 4.78 is 37.0. The molecule has 8 nitrogen and oxygen atoms in total. The van der Waals surface area contributed by atoms with E-state index in [4.69, 9.17) is 14.6 Å². The molecular weight excluding hydrogens is 455 g/mol. The van der Waals surface area contributed by atoms with Crippen LogP contribution < -0.4 is 4.74 Å². The molecule has 1 aromatic carbocycles. The maximum absolute atomic E-state index is 13.1. The topological polar surface area (TPSA) is 100 Å². The van der Waals surface area contributed by atoms with Gasteiger partial charge in [-0.25, -0.2) is 4.79 Å². The Morgan fingerprint density at radius 2 is 1.88 bits per heavy atom. The number of aliphatic carboxylic acids is 1. The van der Waals surface area contributed by atoms with Crippen molar-refractivity contribution >= 4 is 17.8 Å². The molecule has 0 saturated carbocycles. The molecule has 34 heavy (non-hydrogen) atoms. The Bertz CT molecular complexity index is 1050. The van der Waals surface area contributed by atoms with Crippen LogP contribution in [0, 0.1) is 5.41 Å². The Morgan fingerprint density at radius 3 is 2.50 bits per heavy atom. The number of rotatable bonds is 4. The van der Waals surface area contributed by atoms with Crippen molar-refractivity contribution in [3.05, 3.63) is 59.9 Å².